The first-order valence-corrected chi connectivity index (χ1v) is 6.36. The monoisotopic (exact) mass is 218 g/mol. The van der Waals surface area contributed by atoms with E-state index >= 15 is 0 Å². The maximum Gasteiger partial charge on any atom is 0.115 e. The highest BCUT2D eigenvalue weighted by atomic mass is 32.3. The fourth-order valence-electron chi connectivity index (χ4n) is 1.31. The lowest BCUT2D eigenvalue weighted by atomic mass is 10.2. The van der Waals surface area contributed by atoms with Gasteiger partial charge in [0.2, 0.25) is 0 Å². The zero-order chi connectivity index (χ0) is 9.47. The van der Waals surface area contributed by atoms with E-state index in [1.165, 1.54) is 11.8 Å². The minimum Gasteiger partial charge on any atom is -0.497 e. The van der Waals surface area contributed by atoms with Crippen LogP contribution < -0.4 is 5.14 Å². The quantitative estimate of drug-likeness (QED) is 0.693. The van der Waals surface area contributed by atoms with Gasteiger partial charge in [0, 0.05) is 4.91 Å². The Kier molecular flexibility index (Phi) is 2.13. The van der Waals surface area contributed by atoms with Gasteiger partial charge in [-0.05, 0) is 18.1 Å². The number of hydrogen-bond donors (Lipinski definition) is 2. The smallest absolute Gasteiger partial charge is 0.115 e. The Morgan fingerprint density at radius 2 is 2.54 bits per heavy atom. The van der Waals surface area contributed by atoms with Gasteiger partial charge in [0.15, 0.2) is 0 Å². The Labute approximate surface area is 81.3 Å². The second kappa shape index (κ2) is 3.04. The van der Waals surface area contributed by atoms with Crippen molar-refractivity contribution in [1.29, 1.82) is 4.78 Å². The fraction of sp³-hybridized carbons (Fsp3) is 0.429. The molecule has 2 unspecified atom stereocenters. The molecule has 0 aromatic heterocycles. The third-order valence-electron chi connectivity index (χ3n) is 1.98. The van der Waals surface area contributed by atoms with Crippen LogP contribution in [0.3, 0.4) is 0 Å². The second-order valence-electron chi connectivity index (χ2n) is 2.98. The molecule has 0 spiro atoms. The van der Waals surface area contributed by atoms with E-state index in [2.05, 4.69) is 0 Å². The molecule has 0 saturated heterocycles. The van der Waals surface area contributed by atoms with E-state index in [4.69, 9.17) is 14.7 Å². The third kappa shape index (κ3) is 1.74. The van der Waals surface area contributed by atoms with E-state index in [0.717, 1.165) is 10.5 Å². The average Bonchev–Trinajstić information content (AvgIpc) is 2.45. The molecule has 0 fully saturated rings. The lowest BCUT2D eigenvalue weighted by molar-refractivity contribution is 0.273. The van der Waals surface area contributed by atoms with Gasteiger partial charge < -0.3 is 4.74 Å². The first kappa shape index (κ1) is 9.11. The summed E-state index contributed by atoms with van der Waals surface area (Å²) in [4.78, 5) is 1.07. The van der Waals surface area contributed by atoms with E-state index in [1.807, 2.05) is 6.08 Å². The van der Waals surface area contributed by atoms with E-state index in [0.29, 0.717) is 13.0 Å². The summed E-state index contributed by atoms with van der Waals surface area (Å²) in [5.74, 6) is 0. The average molecular weight is 218 g/mol. The first-order chi connectivity index (χ1) is 6.07. The second-order valence-corrected chi connectivity index (χ2v) is 6.39. The van der Waals surface area contributed by atoms with Crippen molar-refractivity contribution in [2.24, 2.45) is 5.14 Å². The van der Waals surface area contributed by atoms with Crippen LogP contribution in [0.2, 0.25) is 0 Å². The standard InChI is InChI=1S/C7H10N2O2S2/c8-13(9,10)7-3-5-4-11-2-1-6(5)12-7/h1-2,7H,3-4H2,(H3,8,9,10). The molecule has 2 atom stereocenters. The molecule has 0 bridgehead atoms. The van der Waals surface area contributed by atoms with Crippen molar-refractivity contribution in [3.8, 4) is 0 Å². The summed E-state index contributed by atoms with van der Waals surface area (Å²) in [5, 5.41) is 5.28. The number of nitrogens with two attached hydrogens (primary N) is 1. The zero-order valence-corrected chi connectivity index (χ0v) is 8.49. The van der Waals surface area contributed by atoms with Crippen molar-refractivity contribution < 1.29 is 8.95 Å². The molecule has 0 aliphatic carbocycles. The van der Waals surface area contributed by atoms with Crippen LogP contribution in [0.15, 0.2) is 22.8 Å². The lowest BCUT2D eigenvalue weighted by Crippen LogP contribution is -2.22. The Balaban J connectivity index is 2.20. The topological polar surface area (TPSA) is 76.2 Å². The molecular weight excluding hydrogens is 208 g/mol. The SMILES string of the molecule is N=S(N)(=O)C1CC2=C(C=COC2)S1. The molecule has 13 heavy (non-hydrogen) atoms. The minimum absolute atomic E-state index is 0.302. The van der Waals surface area contributed by atoms with Crippen molar-refractivity contribution >= 4 is 21.7 Å². The molecule has 0 aromatic rings. The molecule has 4 nitrogen and oxygen atoms in total. The van der Waals surface area contributed by atoms with Gasteiger partial charge >= 0.3 is 0 Å². The predicted octanol–water partition coefficient (Wildman–Crippen LogP) is 1.17. The Morgan fingerprint density at radius 3 is 3.15 bits per heavy atom. The van der Waals surface area contributed by atoms with Crippen molar-refractivity contribution in [2.45, 2.75) is 11.0 Å². The van der Waals surface area contributed by atoms with Gasteiger partial charge in [-0.15, -0.1) is 11.8 Å². The molecule has 2 aliphatic heterocycles. The molecule has 0 radical (unpaired) electrons. The van der Waals surface area contributed by atoms with Crippen LogP contribution in [-0.2, 0) is 14.7 Å². The van der Waals surface area contributed by atoms with Crippen LogP contribution in [-0.4, -0.2) is 15.4 Å². The van der Waals surface area contributed by atoms with E-state index < -0.39 is 9.92 Å². The molecule has 72 valence electrons. The predicted molar refractivity (Wildman–Crippen MR) is 53.2 cm³/mol. The largest absolute Gasteiger partial charge is 0.497 e. The van der Waals surface area contributed by atoms with Crippen molar-refractivity contribution in [3.05, 3.63) is 22.8 Å². The summed E-state index contributed by atoms with van der Waals surface area (Å²) in [5.41, 5.74) is 1.11. The Morgan fingerprint density at radius 1 is 1.77 bits per heavy atom. The first-order valence-electron chi connectivity index (χ1n) is 3.79. The molecule has 2 heterocycles. The van der Waals surface area contributed by atoms with Gasteiger partial charge in [-0.2, -0.15) is 0 Å². The summed E-state index contributed by atoms with van der Waals surface area (Å²) in [7, 11) is -2.93. The normalized spacial score (nSPS) is 31.0. The van der Waals surface area contributed by atoms with Crippen molar-refractivity contribution in [2.75, 3.05) is 6.61 Å². The molecule has 6 heteroatoms. The minimum atomic E-state index is -2.93. The maximum atomic E-state index is 11.3. The van der Waals surface area contributed by atoms with Gasteiger partial charge in [-0.1, -0.05) is 0 Å². The summed E-state index contributed by atoms with van der Waals surface area (Å²) >= 11 is 1.43. The van der Waals surface area contributed by atoms with Gasteiger partial charge in [0.05, 0.1) is 6.26 Å². The lowest BCUT2D eigenvalue weighted by Gasteiger charge is -2.08. The highest BCUT2D eigenvalue weighted by Gasteiger charge is 2.30. The number of rotatable bonds is 1. The summed E-state index contributed by atoms with van der Waals surface area (Å²) in [6.45, 7) is 0.546. The summed E-state index contributed by atoms with van der Waals surface area (Å²) in [6, 6.07) is 0. The van der Waals surface area contributed by atoms with E-state index in [-0.39, 0.29) is 4.58 Å². The summed E-state index contributed by atoms with van der Waals surface area (Å²) < 4.78 is 23.3. The molecule has 0 saturated carbocycles. The van der Waals surface area contributed by atoms with Gasteiger partial charge in [0.25, 0.3) is 0 Å². The summed E-state index contributed by atoms with van der Waals surface area (Å²) in [6.07, 6.45) is 4.08. The number of ether oxygens (including phenoxy) is 1. The van der Waals surface area contributed by atoms with Crippen LogP contribution >= 0.6 is 11.8 Å². The maximum absolute atomic E-state index is 11.3. The van der Waals surface area contributed by atoms with Gasteiger partial charge in [-0.25, -0.2) is 14.1 Å². The third-order valence-corrected chi connectivity index (χ3v) is 5.19. The van der Waals surface area contributed by atoms with E-state index in [1.54, 1.807) is 6.26 Å². The number of nitrogens with one attached hydrogen (secondary N) is 1. The van der Waals surface area contributed by atoms with Crippen LogP contribution in [0.4, 0.5) is 0 Å². The zero-order valence-electron chi connectivity index (χ0n) is 6.86. The van der Waals surface area contributed by atoms with Crippen LogP contribution in [0.25, 0.3) is 0 Å². The number of allylic oxidation sites excluding steroid dienone is 1. The Bertz CT molecular complexity index is 383. The molecule has 2 aliphatic rings. The van der Waals surface area contributed by atoms with Crippen molar-refractivity contribution in [3.63, 3.8) is 0 Å². The van der Waals surface area contributed by atoms with Crippen LogP contribution in [0.1, 0.15) is 6.42 Å². The van der Waals surface area contributed by atoms with Crippen LogP contribution in [0, 0.1) is 4.78 Å². The molecule has 0 amide bonds. The molecule has 0 aromatic carbocycles. The number of hydrogen-bond acceptors (Lipinski definition) is 4. The van der Waals surface area contributed by atoms with Crippen molar-refractivity contribution in [1.82, 2.24) is 0 Å². The molecular formula is C7H10N2O2S2. The highest BCUT2D eigenvalue weighted by molar-refractivity contribution is 8.15. The fourth-order valence-corrected chi connectivity index (χ4v) is 3.65. The number of thioether (sulfide) groups is 1. The van der Waals surface area contributed by atoms with Gasteiger partial charge in [0.1, 0.15) is 21.1 Å². The molecule has 3 N–H and O–H groups in total. The van der Waals surface area contributed by atoms with Gasteiger partial charge in [-0.3, -0.25) is 0 Å². The highest BCUT2D eigenvalue weighted by Crippen LogP contribution is 2.41. The molecule has 2 rings (SSSR count). The Hall–Kier alpha value is -0.460. The van der Waals surface area contributed by atoms with Crippen LogP contribution in [0.5, 0.6) is 0 Å². The van der Waals surface area contributed by atoms with E-state index in [9.17, 15) is 4.21 Å².